The van der Waals surface area contributed by atoms with Gasteiger partial charge in [0.25, 0.3) is 11.8 Å². The molecule has 0 saturated carbocycles. The van der Waals surface area contributed by atoms with E-state index in [-0.39, 0.29) is 35.3 Å². The number of imide groups is 1. The summed E-state index contributed by atoms with van der Waals surface area (Å²) in [5.74, 6) is -0.698. The lowest BCUT2D eigenvalue weighted by Gasteiger charge is -2.27. The second kappa shape index (κ2) is 6.40. The molecule has 120 valence electrons. The first-order valence-electron chi connectivity index (χ1n) is 7.26. The van der Waals surface area contributed by atoms with Gasteiger partial charge in [-0.1, -0.05) is 0 Å². The van der Waals surface area contributed by atoms with Crippen LogP contribution in [-0.2, 0) is 14.3 Å². The Morgan fingerprint density at radius 1 is 1.21 bits per heavy atom. The zero-order valence-electron chi connectivity index (χ0n) is 13.3. The Morgan fingerprint density at radius 2 is 1.79 bits per heavy atom. The summed E-state index contributed by atoms with van der Waals surface area (Å²) in [6.45, 7) is 3.71. The Morgan fingerprint density at radius 3 is 2.29 bits per heavy atom. The third kappa shape index (κ3) is 2.78. The summed E-state index contributed by atoms with van der Waals surface area (Å²) >= 11 is 0. The number of allylic oxidation sites excluding steroid dienone is 2. The van der Waals surface area contributed by atoms with Crippen molar-refractivity contribution >= 4 is 11.8 Å². The van der Waals surface area contributed by atoms with E-state index >= 15 is 0 Å². The number of nitriles is 3. The molecule has 0 aliphatic carbocycles. The highest BCUT2D eigenvalue weighted by molar-refractivity contribution is 6.12. The van der Waals surface area contributed by atoms with Crippen LogP contribution in [0.3, 0.4) is 0 Å². The quantitative estimate of drug-likeness (QED) is 0.573. The van der Waals surface area contributed by atoms with Gasteiger partial charge >= 0.3 is 0 Å². The van der Waals surface area contributed by atoms with Gasteiger partial charge < -0.3 is 4.74 Å². The lowest BCUT2D eigenvalue weighted by Crippen LogP contribution is -2.33. The molecule has 0 aromatic heterocycles. The minimum Gasteiger partial charge on any atom is -0.480 e. The Hall–Kier alpha value is -3.37. The molecule has 7 nitrogen and oxygen atoms in total. The fraction of sp³-hybridized carbons (Fsp3) is 0.353. The van der Waals surface area contributed by atoms with Crippen LogP contribution >= 0.6 is 0 Å². The van der Waals surface area contributed by atoms with Crippen molar-refractivity contribution < 1.29 is 14.3 Å². The molecular formula is C17H14N4O3. The van der Waals surface area contributed by atoms with Gasteiger partial charge in [0.15, 0.2) is 11.3 Å². The lowest BCUT2D eigenvalue weighted by atomic mass is 9.90. The van der Waals surface area contributed by atoms with E-state index in [4.69, 9.17) is 15.3 Å². The summed E-state index contributed by atoms with van der Waals surface area (Å²) in [7, 11) is 0. The van der Waals surface area contributed by atoms with E-state index in [9.17, 15) is 14.9 Å². The summed E-state index contributed by atoms with van der Waals surface area (Å²) in [6, 6.07) is 5.44. The molecule has 0 aromatic rings. The Labute approximate surface area is 139 Å². The average molecular weight is 322 g/mol. The molecular weight excluding hydrogens is 308 g/mol. The molecule has 0 fully saturated rings. The van der Waals surface area contributed by atoms with Gasteiger partial charge in [0, 0.05) is 18.7 Å². The first-order valence-corrected chi connectivity index (χ1v) is 7.26. The zero-order chi connectivity index (χ0) is 17.9. The molecule has 0 radical (unpaired) electrons. The van der Waals surface area contributed by atoms with Crippen LogP contribution in [0.15, 0.2) is 34.6 Å². The number of hydrogen-bond acceptors (Lipinski definition) is 6. The number of carbonyl (C=O) groups is 2. The lowest BCUT2D eigenvalue weighted by molar-refractivity contribution is -0.137. The highest BCUT2D eigenvalue weighted by Gasteiger charge is 2.41. The number of rotatable bonds is 4. The van der Waals surface area contributed by atoms with Gasteiger partial charge in [-0.2, -0.15) is 15.8 Å². The van der Waals surface area contributed by atoms with Crippen LogP contribution in [0.4, 0.5) is 0 Å². The van der Waals surface area contributed by atoms with Crippen molar-refractivity contribution in [3.63, 3.8) is 0 Å². The molecule has 7 heteroatoms. The first kappa shape index (κ1) is 17.0. The predicted octanol–water partition coefficient (Wildman–Crippen LogP) is 1.62. The number of carbonyl (C=O) groups excluding carboxylic acids is 2. The van der Waals surface area contributed by atoms with Gasteiger partial charge in [-0.25, -0.2) is 0 Å². The Kier molecular flexibility index (Phi) is 4.53. The Balaban J connectivity index is 2.15. The maximum absolute atomic E-state index is 11.5. The average Bonchev–Trinajstić information content (AvgIpc) is 3.00. The minimum atomic E-state index is -0.863. The van der Waals surface area contributed by atoms with Gasteiger partial charge in [0.1, 0.15) is 23.8 Å². The highest BCUT2D eigenvalue weighted by atomic mass is 16.5. The summed E-state index contributed by atoms with van der Waals surface area (Å²) in [4.78, 5) is 24.2. The van der Waals surface area contributed by atoms with Crippen molar-refractivity contribution in [1.29, 1.82) is 15.8 Å². The van der Waals surface area contributed by atoms with Crippen molar-refractivity contribution in [2.24, 2.45) is 0 Å². The van der Waals surface area contributed by atoms with E-state index in [2.05, 4.69) is 0 Å². The molecule has 2 aliphatic rings. The molecule has 0 bridgehead atoms. The first-order chi connectivity index (χ1) is 11.4. The van der Waals surface area contributed by atoms with Crippen LogP contribution in [0.2, 0.25) is 0 Å². The molecule has 0 aromatic carbocycles. The molecule has 2 aliphatic heterocycles. The standard InChI is InChI=1S/C17H14N4O3/c1-11-13(10-20)16(12(8-18)9-19)24-17(11,2)6-3-7-21-14(22)4-5-15(21)23/h4-5H,3,6-7H2,1-2H3. The van der Waals surface area contributed by atoms with Crippen LogP contribution in [-0.4, -0.2) is 28.9 Å². The monoisotopic (exact) mass is 322 g/mol. The smallest absolute Gasteiger partial charge is 0.253 e. The van der Waals surface area contributed by atoms with Crippen LogP contribution in [0.5, 0.6) is 0 Å². The molecule has 1 unspecified atom stereocenters. The second-order valence-corrected chi connectivity index (χ2v) is 5.64. The molecule has 1 atom stereocenters. The summed E-state index contributed by atoms with van der Waals surface area (Å²) in [5, 5.41) is 27.3. The van der Waals surface area contributed by atoms with E-state index in [1.807, 2.05) is 6.07 Å². The maximum Gasteiger partial charge on any atom is 0.253 e. The number of nitrogens with zero attached hydrogens (tertiary/aromatic N) is 4. The van der Waals surface area contributed by atoms with E-state index < -0.39 is 5.60 Å². The summed E-state index contributed by atoms with van der Waals surface area (Å²) in [6.07, 6.45) is 3.34. The van der Waals surface area contributed by atoms with Crippen molar-refractivity contribution in [3.05, 3.63) is 34.6 Å². The molecule has 0 spiro atoms. The fourth-order valence-corrected chi connectivity index (χ4v) is 2.69. The van der Waals surface area contributed by atoms with E-state index in [1.54, 1.807) is 26.0 Å². The van der Waals surface area contributed by atoms with E-state index in [0.717, 1.165) is 4.90 Å². The Bertz CT molecular complexity index is 795. The minimum absolute atomic E-state index is 0.00232. The molecule has 2 rings (SSSR count). The maximum atomic E-state index is 11.5. The normalized spacial score (nSPS) is 22.3. The highest BCUT2D eigenvalue weighted by Crippen LogP contribution is 2.42. The SMILES string of the molecule is CC1=C(C#N)C(=C(C#N)C#N)OC1(C)CCCN1C(=O)C=CC1=O. The van der Waals surface area contributed by atoms with Crippen molar-refractivity contribution in [3.8, 4) is 18.2 Å². The van der Waals surface area contributed by atoms with Crippen LogP contribution in [0.1, 0.15) is 26.7 Å². The molecule has 0 N–H and O–H groups in total. The third-order valence-electron chi connectivity index (χ3n) is 4.22. The largest absolute Gasteiger partial charge is 0.480 e. The molecule has 2 amide bonds. The van der Waals surface area contributed by atoms with Gasteiger partial charge in [0.2, 0.25) is 0 Å². The van der Waals surface area contributed by atoms with Gasteiger partial charge in [-0.15, -0.1) is 0 Å². The van der Waals surface area contributed by atoms with Gasteiger partial charge in [-0.3, -0.25) is 14.5 Å². The molecule has 0 saturated heterocycles. The van der Waals surface area contributed by atoms with Gasteiger partial charge in [-0.05, 0) is 32.3 Å². The topological polar surface area (TPSA) is 118 Å². The van der Waals surface area contributed by atoms with Crippen molar-refractivity contribution in [1.82, 2.24) is 4.90 Å². The number of ether oxygens (including phenoxy) is 1. The van der Waals surface area contributed by atoms with Crippen molar-refractivity contribution in [2.45, 2.75) is 32.3 Å². The number of hydrogen-bond donors (Lipinski definition) is 0. The summed E-state index contributed by atoms with van der Waals surface area (Å²) < 4.78 is 5.76. The number of amides is 2. The fourth-order valence-electron chi connectivity index (χ4n) is 2.69. The molecule has 24 heavy (non-hydrogen) atoms. The van der Waals surface area contributed by atoms with Crippen LogP contribution in [0.25, 0.3) is 0 Å². The van der Waals surface area contributed by atoms with E-state index in [0.29, 0.717) is 18.4 Å². The van der Waals surface area contributed by atoms with E-state index in [1.165, 1.54) is 12.2 Å². The predicted molar refractivity (Wildman–Crippen MR) is 81.1 cm³/mol. The van der Waals surface area contributed by atoms with Gasteiger partial charge in [0.05, 0.1) is 5.57 Å². The zero-order valence-corrected chi connectivity index (χ0v) is 13.3. The molecule has 2 heterocycles. The van der Waals surface area contributed by atoms with Crippen LogP contribution < -0.4 is 0 Å². The van der Waals surface area contributed by atoms with Crippen molar-refractivity contribution in [2.75, 3.05) is 6.54 Å². The summed E-state index contributed by atoms with van der Waals surface area (Å²) in [5.41, 5.74) is -0.298. The second-order valence-electron chi connectivity index (χ2n) is 5.64. The third-order valence-corrected chi connectivity index (χ3v) is 4.22. The van der Waals surface area contributed by atoms with Crippen LogP contribution in [0, 0.1) is 34.0 Å².